The van der Waals surface area contributed by atoms with Gasteiger partial charge in [-0.15, -0.1) is 0 Å². The number of carbonyl (C=O) groups excluding carboxylic acids is 1. The summed E-state index contributed by atoms with van der Waals surface area (Å²) in [6, 6.07) is -0.955. The number of nitrogens with zero attached hydrogens (tertiary/aromatic N) is 1. The maximum Gasteiger partial charge on any atom is 0.246 e. The molecule has 1 amide bonds. The summed E-state index contributed by atoms with van der Waals surface area (Å²) in [5.74, 6) is -0.727. The predicted octanol–water partition coefficient (Wildman–Crippen LogP) is 0.470. The standard InChI is InChI=1S/C11H19N3O4S/c1-5-6(2)9(11(12)15)14-19(16,17)10-7(3)13-18-8(10)4/h6,9,14H,5H2,1-4H3,(H2,12,15)/t6-,9-/m0/s1. The van der Waals surface area contributed by atoms with Crippen molar-refractivity contribution in [2.45, 2.75) is 45.1 Å². The topological polar surface area (TPSA) is 115 Å². The zero-order valence-corrected chi connectivity index (χ0v) is 12.2. The number of amides is 1. The van der Waals surface area contributed by atoms with Gasteiger partial charge in [-0.2, -0.15) is 4.72 Å². The van der Waals surface area contributed by atoms with E-state index in [0.29, 0.717) is 6.42 Å². The van der Waals surface area contributed by atoms with Crippen molar-refractivity contribution in [2.24, 2.45) is 11.7 Å². The summed E-state index contributed by atoms with van der Waals surface area (Å²) < 4.78 is 31.7. The molecular weight excluding hydrogens is 270 g/mol. The molecule has 0 bridgehead atoms. The minimum Gasteiger partial charge on any atom is -0.368 e. The second kappa shape index (κ2) is 5.70. The van der Waals surface area contributed by atoms with E-state index in [1.54, 1.807) is 6.92 Å². The van der Waals surface area contributed by atoms with Crippen molar-refractivity contribution in [1.82, 2.24) is 9.88 Å². The number of sulfonamides is 1. The molecule has 1 heterocycles. The Hall–Kier alpha value is -1.41. The maximum absolute atomic E-state index is 12.3. The first-order valence-corrected chi connectivity index (χ1v) is 7.43. The summed E-state index contributed by atoms with van der Waals surface area (Å²) in [5, 5.41) is 3.59. The SMILES string of the molecule is CC[C@H](C)[C@H](NS(=O)(=O)c1c(C)noc1C)C(N)=O. The van der Waals surface area contributed by atoms with Crippen molar-refractivity contribution in [3.8, 4) is 0 Å². The van der Waals surface area contributed by atoms with E-state index >= 15 is 0 Å². The molecule has 3 N–H and O–H groups in total. The van der Waals surface area contributed by atoms with Crippen molar-refractivity contribution in [3.05, 3.63) is 11.5 Å². The molecule has 0 spiro atoms. The van der Waals surface area contributed by atoms with Crippen LogP contribution < -0.4 is 10.5 Å². The van der Waals surface area contributed by atoms with Gasteiger partial charge in [0, 0.05) is 0 Å². The van der Waals surface area contributed by atoms with Gasteiger partial charge in [-0.3, -0.25) is 4.79 Å². The Morgan fingerprint density at radius 3 is 2.42 bits per heavy atom. The van der Waals surface area contributed by atoms with Crippen molar-refractivity contribution in [3.63, 3.8) is 0 Å². The summed E-state index contributed by atoms with van der Waals surface area (Å²) in [7, 11) is -3.88. The second-order valence-corrected chi connectivity index (χ2v) is 6.19. The number of aromatic nitrogens is 1. The van der Waals surface area contributed by atoms with Gasteiger partial charge >= 0.3 is 0 Å². The van der Waals surface area contributed by atoms with Crippen LogP contribution in [0, 0.1) is 19.8 Å². The smallest absolute Gasteiger partial charge is 0.246 e. The molecule has 1 aromatic heterocycles. The lowest BCUT2D eigenvalue weighted by atomic mass is 10.00. The Morgan fingerprint density at radius 2 is 2.05 bits per heavy atom. The third-order valence-corrected chi connectivity index (χ3v) is 4.72. The normalized spacial score (nSPS) is 15.2. The molecule has 2 atom stereocenters. The van der Waals surface area contributed by atoms with Gasteiger partial charge in [0.2, 0.25) is 15.9 Å². The van der Waals surface area contributed by atoms with Crippen molar-refractivity contribution in [1.29, 1.82) is 0 Å². The number of nitrogens with two attached hydrogens (primary N) is 1. The Bertz CT molecular complexity index is 545. The van der Waals surface area contributed by atoms with E-state index in [2.05, 4.69) is 9.88 Å². The average Bonchev–Trinajstić information content (AvgIpc) is 2.65. The highest BCUT2D eigenvalue weighted by Crippen LogP contribution is 2.20. The lowest BCUT2D eigenvalue weighted by Crippen LogP contribution is -2.48. The van der Waals surface area contributed by atoms with Crippen LogP contribution in [0.5, 0.6) is 0 Å². The van der Waals surface area contributed by atoms with Gasteiger partial charge in [0.05, 0.1) is 0 Å². The Morgan fingerprint density at radius 1 is 1.47 bits per heavy atom. The highest BCUT2D eigenvalue weighted by molar-refractivity contribution is 7.89. The van der Waals surface area contributed by atoms with Crippen LogP contribution in [0.15, 0.2) is 9.42 Å². The van der Waals surface area contributed by atoms with E-state index in [0.717, 1.165) is 0 Å². The minimum absolute atomic E-state index is 0.0398. The second-order valence-electron chi connectivity index (χ2n) is 4.54. The molecule has 0 aliphatic heterocycles. The Kier molecular flexibility index (Phi) is 4.70. The summed E-state index contributed by atoms with van der Waals surface area (Å²) >= 11 is 0. The van der Waals surface area contributed by atoms with Crippen LogP contribution >= 0.6 is 0 Å². The fourth-order valence-electron chi connectivity index (χ4n) is 1.77. The zero-order chi connectivity index (χ0) is 14.8. The number of aryl methyl sites for hydroxylation is 2. The van der Waals surface area contributed by atoms with Crippen molar-refractivity contribution in [2.75, 3.05) is 0 Å². The van der Waals surface area contributed by atoms with Crippen molar-refractivity contribution < 1.29 is 17.7 Å². The predicted molar refractivity (Wildman–Crippen MR) is 68.7 cm³/mol. The Labute approximate surface area is 112 Å². The largest absolute Gasteiger partial charge is 0.368 e. The Balaban J connectivity index is 3.12. The van der Waals surface area contributed by atoms with Crippen LogP contribution in [0.25, 0.3) is 0 Å². The molecule has 7 nitrogen and oxygen atoms in total. The molecule has 0 unspecified atom stereocenters. The van der Waals surface area contributed by atoms with Gasteiger partial charge in [0.15, 0.2) is 5.76 Å². The van der Waals surface area contributed by atoms with Gasteiger partial charge in [-0.05, 0) is 19.8 Å². The van der Waals surface area contributed by atoms with E-state index in [4.69, 9.17) is 10.3 Å². The fourth-order valence-corrected chi connectivity index (χ4v) is 3.42. The molecule has 0 saturated heterocycles. The first-order chi connectivity index (χ1) is 8.70. The molecule has 0 aliphatic carbocycles. The first-order valence-electron chi connectivity index (χ1n) is 5.95. The van der Waals surface area contributed by atoms with Gasteiger partial charge < -0.3 is 10.3 Å². The van der Waals surface area contributed by atoms with Crippen LogP contribution in [0.3, 0.4) is 0 Å². The molecule has 0 saturated carbocycles. The summed E-state index contributed by atoms with van der Waals surface area (Å²) in [6.45, 7) is 6.63. The van der Waals surface area contributed by atoms with E-state index in [9.17, 15) is 13.2 Å². The molecule has 0 aliphatic rings. The monoisotopic (exact) mass is 289 g/mol. The summed E-state index contributed by atoms with van der Waals surface area (Å²) in [5.41, 5.74) is 5.49. The minimum atomic E-state index is -3.88. The molecule has 108 valence electrons. The van der Waals surface area contributed by atoms with Crippen LogP contribution in [0.1, 0.15) is 31.7 Å². The molecule has 0 fully saturated rings. The van der Waals surface area contributed by atoms with E-state index in [-0.39, 0.29) is 22.3 Å². The number of carbonyl (C=O) groups is 1. The highest BCUT2D eigenvalue weighted by atomic mass is 32.2. The molecule has 1 aromatic rings. The number of hydrogen-bond acceptors (Lipinski definition) is 5. The summed E-state index contributed by atoms with van der Waals surface area (Å²) in [6.07, 6.45) is 0.623. The first kappa shape index (κ1) is 15.6. The average molecular weight is 289 g/mol. The molecular formula is C11H19N3O4S. The zero-order valence-electron chi connectivity index (χ0n) is 11.4. The van der Waals surface area contributed by atoms with Crippen LogP contribution in [0.4, 0.5) is 0 Å². The van der Waals surface area contributed by atoms with Gasteiger partial charge in [-0.25, -0.2) is 8.42 Å². The lowest BCUT2D eigenvalue weighted by Gasteiger charge is -2.20. The van der Waals surface area contributed by atoms with E-state index in [1.807, 2.05) is 6.92 Å². The third kappa shape index (κ3) is 3.32. The molecule has 0 radical (unpaired) electrons. The van der Waals surface area contributed by atoms with Crippen LogP contribution in [0.2, 0.25) is 0 Å². The quantitative estimate of drug-likeness (QED) is 0.789. The number of hydrogen-bond donors (Lipinski definition) is 2. The van der Waals surface area contributed by atoms with Gasteiger partial charge in [0.1, 0.15) is 16.6 Å². The van der Waals surface area contributed by atoms with Gasteiger partial charge in [0.25, 0.3) is 0 Å². The van der Waals surface area contributed by atoms with E-state index in [1.165, 1.54) is 13.8 Å². The fraction of sp³-hybridized carbons (Fsp3) is 0.636. The lowest BCUT2D eigenvalue weighted by molar-refractivity contribution is -0.120. The van der Waals surface area contributed by atoms with Crippen molar-refractivity contribution >= 4 is 15.9 Å². The van der Waals surface area contributed by atoms with E-state index < -0.39 is 22.0 Å². The van der Waals surface area contributed by atoms with Crippen LogP contribution in [-0.4, -0.2) is 25.5 Å². The molecule has 1 rings (SSSR count). The maximum atomic E-state index is 12.3. The third-order valence-electron chi connectivity index (χ3n) is 3.04. The molecule has 19 heavy (non-hydrogen) atoms. The summed E-state index contributed by atoms with van der Waals surface area (Å²) in [4.78, 5) is 11.3. The molecule has 0 aromatic carbocycles. The number of primary amides is 1. The van der Waals surface area contributed by atoms with Crippen LogP contribution in [-0.2, 0) is 14.8 Å². The number of rotatable bonds is 6. The number of nitrogens with one attached hydrogen (secondary N) is 1. The van der Waals surface area contributed by atoms with Gasteiger partial charge in [-0.1, -0.05) is 25.4 Å². The highest BCUT2D eigenvalue weighted by Gasteiger charge is 2.31. The molecule has 8 heteroatoms.